The van der Waals surface area contributed by atoms with Crippen LogP contribution in [0.1, 0.15) is 34.6 Å². The molecule has 0 N–H and O–H groups in total. The molecule has 0 bridgehead atoms. The van der Waals surface area contributed by atoms with Crippen LogP contribution in [0.25, 0.3) is 11.2 Å². The molecule has 2 heterocycles. The zero-order valence-corrected chi connectivity index (χ0v) is 17.8. The van der Waals surface area contributed by atoms with Crippen LogP contribution in [0.4, 0.5) is 5.69 Å². The third kappa shape index (κ3) is 2.92. The van der Waals surface area contributed by atoms with Gasteiger partial charge in [0.15, 0.2) is 0 Å². The average molecular weight is 371 g/mol. The van der Waals surface area contributed by atoms with E-state index >= 15 is 0 Å². The lowest BCUT2D eigenvalue weighted by molar-refractivity contribution is 0.419. The zero-order valence-electron chi connectivity index (χ0n) is 17.8. The molecule has 2 aromatic rings. The lowest BCUT2D eigenvalue weighted by Crippen LogP contribution is -2.60. The van der Waals surface area contributed by atoms with Gasteiger partial charge in [0.05, 0.1) is 6.17 Å². The van der Waals surface area contributed by atoms with Crippen LogP contribution in [-0.4, -0.2) is 29.8 Å². The summed E-state index contributed by atoms with van der Waals surface area (Å²) in [4.78, 5) is 7.30. The van der Waals surface area contributed by atoms with E-state index in [1.165, 1.54) is 27.3 Å². The Morgan fingerprint density at radius 2 is 1.46 bits per heavy atom. The van der Waals surface area contributed by atoms with Gasteiger partial charge in [0, 0.05) is 29.2 Å². The molecule has 1 atom stereocenters. The summed E-state index contributed by atoms with van der Waals surface area (Å²) >= 11 is 0. The quantitative estimate of drug-likeness (QED) is 0.747. The molecule has 2 aliphatic heterocycles. The summed E-state index contributed by atoms with van der Waals surface area (Å²) < 4.78 is 0. The zero-order chi connectivity index (χ0) is 20.1. The van der Waals surface area contributed by atoms with Gasteiger partial charge >= 0.3 is 6.98 Å². The topological polar surface area (TPSA) is 9.72 Å². The number of nitrogens with zero attached hydrogens (tertiary/aromatic N) is 3. The lowest BCUT2D eigenvalue weighted by atomic mass is 9.59. The second-order valence-electron chi connectivity index (χ2n) is 8.93. The lowest BCUT2D eigenvalue weighted by Gasteiger charge is -2.44. The van der Waals surface area contributed by atoms with Crippen molar-refractivity contribution in [1.29, 1.82) is 0 Å². The summed E-state index contributed by atoms with van der Waals surface area (Å²) in [5.74, 6) is 0. The van der Waals surface area contributed by atoms with Crippen LogP contribution in [0, 0.1) is 5.41 Å². The smallest absolute Gasteiger partial charge is 0.397 e. The maximum absolute atomic E-state index is 2.48. The minimum atomic E-state index is 0.0651. The van der Waals surface area contributed by atoms with E-state index in [2.05, 4.69) is 123 Å². The van der Waals surface area contributed by atoms with Crippen molar-refractivity contribution in [2.75, 3.05) is 11.9 Å². The molecule has 3 nitrogen and oxygen atoms in total. The highest BCUT2D eigenvalue weighted by molar-refractivity contribution is 6.73. The SMILES string of the molecule is CC1=c2ccccc2=C(C(C)(C)C)N(C)B1N1C=CN(c2ccccc2)[C@@H]1C. The van der Waals surface area contributed by atoms with Gasteiger partial charge in [-0.15, -0.1) is 0 Å². The van der Waals surface area contributed by atoms with E-state index < -0.39 is 0 Å². The van der Waals surface area contributed by atoms with Crippen molar-refractivity contribution >= 4 is 23.8 Å². The van der Waals surface area contributed by atoms with E-state index in [-0.39, 0.29) is 18.6 Å². The van der Waals surface area contributed by atoms with Crippen molar-refractivity contribution in [2.24, 2.45) is 5.41 Å². The number of rotatable bonds is 2. The van der Waals surface area contributed by atoms with Gasteiger partial charge in [-0.25, -0.2) is 0 Å². The van der Waals surface area contributed by atoms with Crippen LogP contribution in [0.3, 0.4) is 0 Å². The summed E-state index contributed by atoms with van der Waals surface area (Å²) in [5.41, 5.74) is 4.09. The Morgan fingerprint density at radius 3 is 2.11 bits per heavy atom. The molecule has 0 saturated heterocycles. The van der Waals surface area contributed by atoms with Gasteiger partial charge < -0.3 is 14.5 Å². The molecule has 0 spiro atoms. The Kier molecular flexibility index (Phi) is 4.53. The fourth-order valence-electron chi connectivity index (χ4n) is 4.86. The van der Waals surface area contributed by atoms with Crippen molar-refractivity contribution in [3.63, 3.8) is 0 Å². The van der Waals surface area contributed by atoms with Crippen LogP contribution in [0.2, 0.25) is 0 Å². The van der Waals surface area contributed by atoms with E-state index in [1.54, 1.807) is 0 Å². The molecule has 2 aromatic carbocycles. The molecule has 0 aliphatic carbocycles. The van der Waals surface area contributed by atoms with Crippen LogP contribution in [0.5, 0.6) is 0 Å². The molecule has 2 aliphatic rings. The van der Waals surface area contributed by atoms with Crippen molar-refractivity contribution in [3.05, 3.63) is 77.4 Å². The number of hydrogen-bond donors (Lipinski definition) is 0. The fourth-order valence-corrected chi connectivity index (χ4v) is 4.86. The van der Waals surface area contributed by atoms with Crippen molar-refractivity contribution < 1.29 is 0 Å². The van der Waals surface area contributed by atoms with E-state index in [0.717, 1.165) is 0 Å². The van der Waals surface area contributed by atoms with Gasteiger partial charge in [0.1, 0.15) is 0 Å². The van der Waals surface area contributed by atoms with Crippen LogP contribution in [0.15, 0.2) is 67.0 Å². The minimum Gasteiger partial charge on any atom is -0.397 e. The predicted octanol–water partition coefficient (Wildman–Crippen LogP) is 3.62. The summed E-state index contributed by atoms with van der Waals surface area (Å²) in [5, 5.41) is 2.73. The van der Waals surface area contributed by atoms with Crippen LogP contribution >= 0.6 is 0 Å². The highest BCUT2D eigenvalue weighted by atomic mass is 15.4. The van der Waals surface area contributed by atoms with Gasteiger partial charge in [-0.1, -0.05) is 63.2 Å². The summed E-state index contributed by atoms with van der Waals surface area (Å²) in [6.45, 7) is 11.7. The molecule has 0 amide bonds. The van der Waals surface area contributed by atoms with E-state index in [9.17, 15) is 0 Å². The van der Waals surface area contributed by atoms with Gasteiger partial charge in [-0.05, 0) is 48.9 Å². The first kappa shape index (κ1) is 18.7. The van der Waals surface area contributed by atoms with Crippen LogP contribution in [-0.2, 0) is 0 Å². The van der Waals surface area contributed by atoms with Crippen molar-refractivity contribution in [1.82, 2.24) is 9.62 Å². The molecular weight excluding hydrogens is 341 g/mol. The van der Waals surface area contributed by atoms with E-state index in [4.69, 9.17) is 0 Å². The van der Waals surface area contributed by atoms with Gasteiger partial charge in [-0.2, -0.15) is 0 Å². The number of fused-ring (bicyclic) bond motifs is 1. The molecule has 0 aromatic heterocycles. The standard InChI is InChI=1S/C24H30BN3/c1-18-21-14-10-11-15-22(21)23(24(3,4)5)26(6)25(18)28-17-16-27(19(28)2)20-12-8-7-9-13-20/h7-17,19H,1-6H3/t19-/m0/s1. The molecule has 0 radical (unpaired) electrons. The predicted molar refractivity (Wildman–Crippen MR) is 121 cm³/mol. The first-order valence-corrected chi connectivity index (χ1v) is 10.1. The summed E-state index contributed by atoms with van der Waals surface area (Å²) in [6, 6.07) is 19.5. The summed E-state index contributed by atoms with van der Waals surface area (Å²) in [6.07, 6.45) is 4.70. The molecule has 28 heavy (non-hydrogen) atoms. The van der Waals surface area contributed by atoms with Gasteiger partial charge in [0.25, 0.3) is 0 Å². The third-order valence-corrected chi connectivity index (χ3v) is 5.99. The van der Waals surface area contributed by atoms with E-state index in [0.29, 0.717) is 0 Å². The van der Waals surface area contributed by atoms with Gasteiger partial charge in [-0.3, -0.25) is 0 Å². The first-order valence-electron chi connectivity index (χ1n) is 10.1. The number of anilines is 1. The summed E-state index contributed by atoms with van der Waals surface area (Å²) in [7, 11) is 2.25. The highest BCUT2D eigenvalue weighted by Crippen LogP contribution is 2.34. The maximum atomic E-state index is 2.48. The van der Waals surface area contributed by atoms with Crippen LogP contribution < -0.4 is 15.3 Å². The second-order valence-corrected chi connectivity index (χ2v) is 8.93. The van der Waals surface area contributed by atoms with Crippen molar-refractivity contribution in [2.45, 2.75) is 40.8 Å². The molecular formula is C24H30BN3. The van der Waals surface area contributed by atoms with Crippen molar-refractivity contribution in [3.8, 4) is 0 Å². The maximum Gasteiger partial charge on any atom is 0.408 e. The number of hydrogen-bond acceptors (Lipinski definition) is 3. The number of benzene rings is 2. The molecule has 144 valence electrons. The third-order valence-electron chi connectivity index (χ3n) is 5.99. The normalized spacial score (nSPS) is 19.6. The molecule has 0 saturated carbocycles. The largest absolute Gasteiger partial charge is 0.408 e. The number of para-hydroxylation sites is 1. The minimum absolute atomic E-state index is 0.0651. The average Bonchev–Trinajstić information content (AvgIpc) is 3.03. The van der Waals surface area contributed by atoms with Gasteiger partial charge in [0.2, 0.25) is 0 Å². The first-order chi connectivity index (χ1) is 13.3. The molecule has 4 rings (SSSR count). The Bertz CT molecular complexity index is 1020. The Labute approximate surface area is 169 Å². The Morgan fingerprint density at radius 1 is 0.857 bits per heavy atom. The molecule has 4 heteroatoms. The Balaban J connectivity index is 1.80. The Hall–Kier alpha value is -2.62. The molecule has 0 fully saturated rings. The fraction of sp³-hybridized carbons (Fsp3) is 0.333. The van der Waals surface area contributed by atoms with E-state index in [1.807, 2.05) is 0 Å². The highest BCUT2D eigenvalue weighted by Gasteiger charge is 2.41. The molecule has 0 unspecified atom stereocenters. The monoisotopic (exact) mass is 371 g/mol. The second kappa shape index (κ2) is 6.77.